The van der Waals surface area contributed by atoms with E-state index in [-0.39, 0.29) is 5.78 Å². The van der Waals surface area contributed by atoms with E-state index in [1.165, 1.54) is 12.2 Å². The normalized spacial score (nSPS) is 21.5. The van der Waals surface area contributed by atoms with E-state index in [2.05, 4.69) is 6.58 Å². The lowest BCUT2D eigenvalue weighted by Gasteiger charge is -2.24. The van der Waals surface area contributed by atoms with E-state index in [1.54, 1.807) is 30.3 Å². The Morgan fingerprint density at radius 1 is 1.35 bits per heavy atom. The summed E-state index contributed by atoms with van der Waals surface area (Å²) in [6.45, 7) is 3.61. The van der Waals surface area contributed by atoms with Crippen molar-refractivity contribution in [2.75, 3.05) is 0 Å². The standard InChI is InChI=1S/C16H16O4/c1-2-3-9-14-13(17)10-11-15(19-14)20-16(18)12-7-5-4-6-8-12/h2,4-8,10-11,14-15H,1,3,9H2/t14-,15-/m0/s1. The van der Waals surface area contributed by atoms with Crippen LogP contribution >= 0.6 is 0 Å². The third-order valence-electron chi connectivity index (χ3n) is 2.90. The van der Waals surface area contributed by atoms with Crippen LogP contribution in [0.5, 0.6) is 0 Å². The molecule has 4 heteroatoms. The molecule has 1 aliphatic heterocycles. The van der Waals surface area contributed by atoms with E-state index in [4.69, 9.17) is 9.47 Å². The molecule has 1 aromatic rings. The first-order valence-corrected chi connectivity index (χ1v) is 6.45. The van der Waals surface area contributed by atoms with Gasteiger partial charge in [-0.25, -0.2) is 4.79 Å². The number of hydrogen-bond acceptors (Lipinski definition) is 4. The molecule has 1 aromatic carbocycles. The van der Waals surface area contributed by atoms with Crippen molar-refractivity contribution in [1.29, 1.82) is 0 Å². The highest BCUT2D eigenvalue weighted by molar-refractivity contribution is 5.94. The molecule has 1 aliphatic rings. The first-order valence-electron chi connectivity index (χ1n) is 6.45. The Labute approximate surface area is 117 Å². The summed E-state index contributed by atoms with van der Waals surface area (Å²) in [6, 6.07) is 8.65. The monoisotopic (exact) mass is 272 g/mol. The van der Waals surface area contributed by atoms with Crippen LogP contribution in [-0.4, -0.2) is 24.1 Å². The lowest BCUT2D eigenvalue weighted by molar-refractivity contribution is -0.150. The maximum Gasteiger partial charge on any atom is 0.340 e. The largest absolute Gasteiger partial charge is 0.428 e. The van der Waals surface area contributed by atoms with E-state index >= 15 is 0 Å². The number of rotatable bonds is 5. The molecule has 1 heterocycles. The third-order valence-corrected chi connectivity index (χ3v) is 2.90. The van der Waals surface area contributed by atoms with Gasteiger partial charge in [-0.1, -0.05) is 24.3 Å². The van der Waals surface area contributed by atoms with Gasteiger partial charge in [0.05, 0.1) is 5.56 Å². The third kappa shape index (κ3) is 3.65. The lowest BCUT2D eigenvalue weighted by atomic mass is 10.1. The van der Waals surface area contributed by atoms with Crippen molar-refractivity contribution in [3.8, 4) is 0 Å². The second-order valence-corrected chi connectivity index (χ2v) is 4.39. The Hall–Kier alpha value is -2.20. The maximum atomic E-state index is 11.9. The molecular weight excluding hydrogens is 256 g/mol. The van der Waals surface area contributed by atoms with Crippen molar-refractivity contribution in [1.82, 2.24) is 0 Å². The summed E-state index contributed by atoms with van der Waals surface area (Å²) >= 11 is 0. The van der Waals surface area contributed by atoms with Crippen molar-refractivity contribution >= 4 is 11.8 Å². The van der Waals surface area contributed by atoms with Gasteiger partial charge in [0, 0.05) is 0 Å². The summed E-state index contributed by atoms with van der Waals surface area (Å²) in [5.74, 6) is -0.587. The summed E-state index contributed by atoms with van der Waals surface area (Å²) < 4.78 is 10.7. The Kier molecular flexibility index (Phi) is 4.85. The van der Waals surface area contributed by atoms with Crippen molar-refractivity contribution in [3.05, 3.63) is 60.7 Å². The first kappa shape index (κ1) is 14.2. The predicted molar refractivity (Wildman–Crippen MR) is 74.1 cm³/mol. The number of ether oxygens (including phenoxy) is 2. The van der Waals surface area contributed by atoms with Gasteiger partial charge in [0.15, 0.2) is 5.78 Å². The zero-order valence-electron chi connectivity index (χ0n) is 11.0. The van der Waals surface area contributed by atoms with Crippen LogP contribution in [-0.2, 0) is 14.3 Å². The molecule has 2 rings (SSSR count). The zero-order chi connectivity index (χ0) is 14.4. The zero-order valence-corrected chi connectivity index (χ0v) is 11.0. The average molecular weight is 272 g/mol. The molecular formula is C16H16O4. The molecule has 0 amide bonds. The van der Waals surface area contributed by atoms with Crippen molar-refractivity contribution in [2.24, 2.45) is 0 Å². The van der Waals surface area contributed by atoms with E-state index in [9.17, 15) is 9.59 Å². The van der Waals surface area contributed by atoms with Gasteiger partial charge < -0.3 is 9.47 Å². The summed E-state index contributed by atoms with van der Waals surface area (Å²) in [4.78, 5) is 23.5. The number of carbonyl (C=O) groups is 2. The molecule has 2 atom stereocenters. The van der Waals surface area contributed by atoms with E-state index in [1.807, 2.05) is 6.07 Å². The summed E-state index contributed by atoms with van der Waals surface area (Å²) in [6.07, 6.45) is 4.38. The molecule has 4 nitrogen and oxygen atoms in total. The number of hydrogen-bond donors (Lipinski definition) is 0. The van der Waals surface area contributed by atoms with E-state index in [0.717, 1.165) is 0 Å². The van der Waals surface area contributed by atoms with Crippen LogP contribution in [0.2, 0.25) is 0 Å². The van der Waals surface area contributed by atoms with Gasteiger partial charge in [0.25, 0.3) is 0 Å². The van der Waals surface area contributed by atoms with Crippen LogP contribution < -0.4 is 0 Å². The molecule has 0 saturated heterocycles. The fourth-order valence-electron chi connectivity index (χ4n) is 1.85. The number of benzene rings is 1. The van der Waals surface area contributed by atoms with Gasteiger partial charge >= 0.3 is 5.97 Å². The second-order valence-electron chi connectivity index (χ2n) is 4.39. The minimum Gasteiger partial charge on any atom is -0.428 e. The highest BCUT2D eigenvalue weighted by Gasteiger charge is 2.26. The summed E-state index contributed by atoms with van der Waals surface area (Å²) in [7, 11) is 0. The van der Waals surface area contributed by atoms with Crippen molar-refractivity contribution in [3.63, 3.8) is 0 Å². The molecule has 0 saturated carbocycles. The smallest absolute Gasteiger partial charge is 0.340 e. The highest BCUT2D eigenvalue weighted by atomic mass is 16.7. The fourth-order valence-corrected chi connectivity index (χ4v) is 1.85. The predicted octanol–water partition coefficient (Wildman–Crippen LogP) is 2.66. The van der Waals surface area contributed by atoms with Crippen LogP contribution in [0.3, 0.4) is 0 Å². The molecule has 0 unspecified atom stereocenters. The van der Waals surface area contributed by atoms with Gasteiger partial charge in [-0.15, -0.1) is 6.58 Å². The van der Waals surface area contributed by atoms with Crippen LogP contribution in [0.25, 0.3) is 0 Å². The molecule has 0 aromatic heterocycles. The quantitative estimate of drug-likeness (QED) is 0.611. The maximum absolute atomic E-state index is 11.9. The highest BCUT2D eigenvalue weighted by Crippen LogP contribution is 2.16. The average Bonchev–Trinajstić information content (AvgIpc) is 2.48. The number of esters is 1. The fraction of sp³-hybridized carbons (Fsp3) is 0.250. The first-order chi connectivity index (χ1) is 9.70. The Balaban J connectivity index is 1.96. The minimum atomic E-state index is -0.824. The molecule has 0 radical (unpaired) electrons. The number of ketones is 1. The molecule has 20 heavy (non-hydrogen) atoms. The van der Waals surface area contributed by atoms with Crippen molar-refractivity contribution in [2.45, 2.75) is 25.2 Å². The topological polar surface area (TPSA) is 52.6 Å². The van der Waals surface area contributed by atoms with Gasteiger partial charge in [0.2, 0.25) is 6.29 Å². The van der Waals surface area contributed by atoms with Crippen LogP contribution in [0.4, 0.5) is 0 Å². The number of allylic oxidation sites excluding steroid dienone is 1. The molecule has 0 N–H and O–H groups in total. The van der Waals surface area contributed by atoms with Gasteiger partial charge in [-0.05, 0) is 37.1 Å². The SMILES string of the molecule is C=CCC[C@@H]1O[C@@H](OC(=O)c2ccccc2)C=CC1=O. The summed E-state index contributed by atoms with van der Waals surface area (Å²) in [5, 5.41) is 0. The van der Waals surface area contributed by atoms with Gasteiger partial charge in [0.1, 0.15) is 6.10 Å². The van der Waals surface area contributed by atoms with E-state index in [0.29, 0.717) is 18.4 Å². The molecule has 0 aliphatic carbocycles. The van der Waals surface area contributed by atoms with Crippen molar-refractivity contribution < 1.29 is 19.1 Å². The Morgan fingerprint density at radius 2 is 2.10 bits per heavy atom. The molecule has 0 fully saturated rings. The van der Waals surface area contributed by atoms with E-state index < -0.39 is 18.4 Å². The molecule has 0 spiro atoms. The Bertz CT molecular complexity index is 519. The van der Waals surface area contributed by atoms with Gasteiger partial charge in [-0.3, -0.25) is 4.79 Å². The lowest BCUT2D eigenvalue weighted by Crippen LogP contribution is -2.34. The van der Waals surface area contributed by atoms with Crippen LogP contribution in [0.15, 0.2) is 55.1 Å². The van der Waals surface area contributed by atoms with Crippen LogP contribution in [0, 0.1) is 0 Å². The van der Waals surface area contributed by atoms with Crippen LogP contribution in [0.1, 0.15) is 23.2 Å². The minimum absolute atomic E-state index is 0.112. The molecule has 0 bridgehead atoms. The van der Waals surface area contributed by atoms with Gasteiger partial charge in [-0.2, -0.15) is 0 Å². The molecule has 104 valence electrons. The Morgan fingerprint density at radius 3 is 2.80 bits per heavy atom. The second kappa shape index (κ2) is 6.82. The summed E-state index contributed by atoms with van der Waals surface area (Å²) in [5.41, 5.74) is 0.448. The number of carbonyl (C=O) groups excluding carboxylic acids is 2.